The Hall–Kier alpha value is -2.33. The monoisotopic (exact) mass is 312 g/mol. The lowest BCUT2D eigenvalue weighted by Gasteiger charge is -2.21. The van der Waals surface area contributed by atoms with E-state index in [0.717, 1.165) is 16.9 Å². The molecule has 1 amide bonds. The first-order valence-corrected chi connectivity index (χ1v) is 7.72. The van der Waals surface area contributed by atoms with Gasteiger partial charge in [-0.05, 0) is 56.2 Å². The molecule has 4 nitrogen and oxygen atoms in total. The molecular formula is C19H24N2O2. The minimum atomic E-state index is -0.217. The number of rotatable bonds is 5. The third-order valence-electron chi connectivity index (χ3n) is 3.25. The van der Waals surface area contributed by atoms with Crippen LogP contribution in [0.4, 0.5) is 0 Å². The maximum absolute atomic E-state index is 12.1. The Labute approximate surface area is 137 Å². The molecule has 4 heteroatoms. The van der Waals surface area contributed by atoms with Gasteiger partial charge in [0, 0.05) is 18.7 Å². The molecule has 0 bridgehead atoms. The summed E-state index contributed by atoms with van der Waals surface area (Å²) in [5, 5.41) is 2.91. The summed E-state index contributed by atoms with van der Waals surface area (Å²) in [6, 6.07) is 15.1. The van der Waals surface area contributed by atoms with Crippen LogP contribution < -0.4 is 15.8 Å². The fraction of sp³-hybridized carbons (Fsp3) is 0.316. The number of nitrogens with two attached hydrogens (primary N) is 1. The zero-order valence-electron chi connectivity index (χ0n) is 13.9. The third-order valence-corrected chi connectivity index (χ3v) is 3.25. The molecule has 0 saturated carbocycles. The van der Waals surface area contributed by atoms with Crippen molar-refractivity contribution in [2.45, 2.75) is 39.5 Å². The van der Waals surface area contributed by atoms with Crippen LogP contribution in [0.15, 0.2) is 48.5 Å². The first-order chi connectivity index (χ1) is 10.9. The predicted octanol–water partition coefficient (Wildman–Crippen LogP) is 3.25. The summed E-state index contributed by atoms with van der Waals surface area (Å²) in [5.74, 6) is 0.730. The highest BCUT2D eigenvalue weighted by Gasteiger charge is 2.11. The van der Waals surface area contributed by atoms with Crippen LogP contribution in [0.2, 0.25) is 0 Å². The van der Waals surface area contributed by atoms with Gasteiger partial charge in [-0.3, -0.25) is 4.79 Å². The zero-order valence-corrected chi connectivity index (χ0v) is 13.9. The van der Waals surface area contributed by atoms with E-state index in [-0.39, 0.29) is 11.5 Å². The van der Waals surface area contributed by atoms with Crippen molar-refractivity contribution in [3.05, 3.63) is 65.2 Å². The van der Waals surface area contributed by atoms with Crippen LogP contribution in [0, 0.1) is 0 Å². The van der Waals surface area contributed by atoms with Gasteiger partial charge < -0.3 is 15.8 Å². The SMILES string of the molecule is CC(C)(C)Oc1ccc(CNC(=O)c2ccc(CN)cc2)cc1. The van der Waals surface area contributed by atoms with Gasteiger partial charge in [-0.1, -0.05) is 24.3 Å². The Balaban J connectivity index is 1.91. The van der Waals surface area contributed by atoms with Crippen molar-refractivity contribution < 1.29 is 9.53 Å². The number of nitrogens with one attached hydrogen (secondary N) is 1. The highest BCUT2D eigenvalue weighted by molar-refractivity contribution is 5.94. The van der Waals surface area contributed by atoms with Crippen molar-refractivity contribution >= 4 is 5.91 Å². The first kappa shape index (κ1) is 17.0. The van der Waals surface area contributed by atoms with E-state index in [4.69, 9.17) is 10.5 Å². The van der Waals surface area contributed by atoms with E-state index in [1.165, 1.54) is 0 Å². The molecule has 2 rings (SSSR count). The fourth-order valence-corrected chi connectivity index (χ4v) is 2.11. The Morgan fingerprint density at radius 3 is 2.09 bits per heavy atom. The molecule has 0 saturated heterocycles. The second kappa shape index (κ2) is 7.29. The van der Waals surface area contributed by atoms with Crippen LogP contribution in [-0.4, -0.2) is 11.5 Å². The lowest BCUT2D eigenvalue weighted by atomic mass is 10.1. The average molecular weight is 312 g/mol. The minimum Gasteiger partial charge on any atom is -0.488 e. The molecule has 0 unspecified atom stereocenters. The molecule has 0 spiro atoms. The highest BCUT2D eigenvalue weighted by atomic mass is 16.5. The first-order valence-electron chi connectivity index (χ1n) is 7.72. The molecule has 0 heterocycles. The van der Waals surface area contributed by atoms with Crippen LogP contribution in [-0.2, 0) is 13.1 Å². The summed E-state index contributed by atoms with van der Waals surface area (Å²) in [6.07, 6.45) is 0. The standard InChI is InChI=1S/C19H24N2O2/c1-19(2,3)23-17-10-6-15(7-11-17)13-21-18(22)16-8-4-14(12-20)5-9-16/h4-11H,12-13,20H2,1-3H3,(H,21,22). The molecule has 2 aromatic rings. The maximum Gasteiger partial charge on any atom is 0.251 e. The van der Waals surface area contributed by atoms with Crippen LogP contribution in [0.3, 0.4) is 0 Å². The largest absolute Gasteiger partial charge is 0.488 e. The van der Waals surface area contributed by atoms with Crippen molar-refractivity contribution in [2.24, 2.45) is 5.73 Å². The minimum absolute atomic E-state index is 0.0939. The number of carbonyl (C=O) groups excluding carboxylic acids is 1. The molecule has 0 atom stereocenters. The summed E-state index contributed by atoms with van der Waals surface area (Å²) in [4.78, 5) is 12.1. The highest BCUT2D eigenvalue weighted by Crippen LogP contribution is 2.18. The number of amides is 1. The smallest absolute Gasteiger partial charge is 0.251 e. The molecular weight excluding hydrogens is 288 g/mol. The van der Waals surface area contributed by atoms with Gasteiger partial charge in [0.2, 0.25) is 0 Å². The lowest BCUT2D eigenvalue weighted by Crippen LogP contribution is -2.23. The van der Waals surface area contributed by atoms with Crippen molar-refractivity contribution in [3.8, 4) is 5.75 Å². The fourth-order valence-electron chi connectivity index (χ4n) is 2.11. The number of ether oxygens (including phenoxy) is 1. The van der Waals surface area contributed by atoms with E-state index in [9.17, 15) is 4.79 Å². The molecule has 0 aliphatic rings. The maximum atomic E-state index is 12.1. The Kier molecular flexibility index (Phi) is 5.40. The molecule has 0 aromatic heterocycles. The summed E-state index contributed by atoms with van der Waals surface area (Å²) < 4.78 is 5.78. The van der Waals surface area contributed by atoms with E-state index in [0.29, 0.717) is 18.7 Å². The molecule has 0 radical (unpaired) electrons. The van der Waals surface area contributed by atoms with E-state index in [1.54, 1.807) is 12.1 Å². The van der Waals surface area contributed by atoms with Gasteiger partial charge in [0.1, 0.15) is 11.4 Å². The van der Waals surface area contributed by atoms with Crippen molar-refractivity contribution in [1.82, 2.24) is 5.32 Å². The number of carbonyl (C=O) groups is 1. The van der Waals surface area contributed by atoms with E-state index in [1.807, 2.05) is 57.2 Å². The van der Waals surface area contributed by atoms with Crippen LogP contribution >= 0.6 is 0 Å². The topological polar surface area (TPSA) is 64.3 Å². The van der Waals surface area contributed by atoms with Crippen LogP contribution in [0.5, 0.6) is 5.75 Å². The van der Waals surface area contributed by atoms with E-state index < -0.39 is 0 Å². The quantitative estimate of drug-likeness (QED) is 0.890. The average Bonchev–Trinajstić information content (AvgIpc) is 2.52. The molecule has 0 aliphatic carbocycles. The summed E-state index contributed by atoms with van der Waals surface area (Å²) in [7, 11) is 0. The van der Waals surface area contributed by atoms with Gasteiger partial charge in [0.25, 0.3) is 5.91 Å². The van der Waals surface area contributed by atoms with Crippen LogP contribution in [0.1, 0.15) is 42.3 Å². The van der Waals surface area contributed by atoms with Gasteiger partial charge in [-0.15, -0.1) is 0 Å². The third kappa shape index (κ3) is 5.42. The Bertz CT molecular complexity index is 641. The second-order valence-corrected chi connectivity index (χ2v) is 6.44. The molecule has 122 valence electrons. The Morgan fingerprint density at radius 1 is 1.00 bits per heavy atom. The van der Waals surface area contributed by atoms with Crippen molar-refractivity contribution in [3.63, 3.8) is 0 Å². The van der Waals surface area contributed by atoms with E-state index in [2.05, 4.69) is 5.32 Å². The number of hydrogen-bond acceptors (Lipinski definition) is 3. The summed E-state index contributed by atoms with van der Waals surface area (Å²) >= 11 is 0. The van der Waals surface area contributed by atoms with Gasteiger partial charge in [0.05, 0.1) is 0 Å². The molecule has 23 heavy (non-hydrogen) atoms. The number of benzene rings is 2. The van der Waals surface area contributed by atoms with Gasteiger partial charge in [-0.25, -0.2) is 0 Å². The predicted molar refractivity (Wildman–Crippen MR) is 92.3 cm³/mol. The summed E-state index contributed by atoms with van der Waals surface area (Å²) in [5.41, 5.74) is 8.00. The van der Waals surface area contributed by atoms with Crippen molar-refractivity contribution in [2.75, 3.05) is 0 Å². The van der Waals surface area contributed by atoms with Gasteiger partial charge >= 0.3 is 0 Å². The second-order valence-electron chi connectivity index (χ2n) is 6.44. The van der Waals surface area contributed by atoms with Crippen LogP contribution in [0.25, 0.3) is 0 Å². The Morgan fingerprint density at radius 2 is 1.57 bits per heavy atom. The molecule has 0 aliphatic heterocycles. The van der Waals surface area contributed by atoms with Crippen molar-refractivity contribution in [1.29, 1.82) is 0 Å². The molecule has 2 aromatic carbocycles. The lowest BCUT2D eigenvalue weighted by molar-refractivity contribution is 0.0951. The molecule has 0 fully saturated rings. The number of hydrogen-bond donors (Lipinski definition) is 2. The summed E-state index contributed by atoms with van der Waals surface area (Å²) in [6.45, 7) is 6.99. The van der Waals surface area contributed by atoms with Gasteiger partial charge in [-0.2, -0.15) is 0 Å². The molecule has 3 N–H and O–H groups in total. The van der Waals surface area contributed by atoms with Gasteiger partial charge in [0.15, 0.2) is 0 Å². The zero-order chi connectivity index (χ0) is 16.9. The normalized spacial score (nSPS) is 11.1. The van der Waals surface area contributed by atoms with E-state index >= 15 is 0 Å².